The SMILES string of the molecule is CN1C(N)=C(C#N)[C@H](c2cc(Br)ccc2OCc2cccc(F)c2)C2=C1CCCC2=O. The van der Waals surface area contributed by atoms with Gasteiger partial charge in [0.2, 0.25) is 0 Å². The third kappa shape index (κ3) is 3.96. The van der Waals surface area contributed by atoms with Crippen molar-refractivity contribution >= 4 is 21.7 Å². The minimum atomic E-state index is -0.607. The highest BCUT2D eigenvalue weighted by atomic mass is 79.9. The first-order valence-electron chi connectivity index (χ1n) is 9.97. The lowest BCUT2D eigenvalue weighted by Gasteiger charge is -2.38. The minimum absolute atomic E-state index is 0.0226. The average Bonchev–Trinajstić information content (AvgIpc) is 2.75. The van der Waals surface area contributed by atoms with Crippen molar-refractivity contribution in [2.75, 3.05) is 7.05 Å². The number of ether oxygens (including phenoxy) is 1. The number of carbonyl (C=O) groups excluding carboxylic acids is 1. The van der Waals surface area contributed by atoms with Crippen LogP contribution in [0.15, 0.2) is 69.6 Å². The Morgan fingerprint density at radius 2 is 2.10 bits per heavy atom. The van der Waals surface area contributed by atoms with Gasteiger partial charge < -0.3 is 15.4 Å². The molecule has 158 valence electrons. The van der Waals surface area contributed by atoms with Gasteiger partial charge in [-0.15, -0.1) is 0 Å². The number of benzene rings is 2. The van der Waals surface area contributed by atoms with Gasteiger partial charge in [-0.2, -0.15) is 5.26 Å². The van der Waals surface area contributed by atoms with Crippen LogP contribution in [0.3, 0.4) is 0 Å². The standard InChI is InChI=1S/C24H21BrFN3O2/c1-29-19-6-3-7-20(30)23(19)22(18(12-27)24(29)28)17-11-15(25)8-9-21(17)31-13-14-4-2-5-16(26)10-14/h2,4-5,8-11,22H,3,6-7,13,28H2,1H3/t22-/m0/s1. The van der Waals surface area contributed by atoms with Crippen LogP contribution < -0.4 is 10.5 Å². The van der Waals surface area contributed by atoms with Gasteiger partial charge in [0, 0.05) is 34.8 Å². The van der Waals surface area contributed by atoms with Crippen LogP contribution in [0.5, 0.6) is 5.75 Å². The maximum Gasteiger partial charge on any atom is 0.161 e. The number of nitriles is 1. The zero-order valence-electron chi connectivity index (χ0n) is 17.0. The Morgan fingerprint density at radius 3 is 2.84 bits per heavy atom. The zero-order valence-corrected chi connectivity index (χ0v) is 18.6. The van der Waals surface area contributed by atoms with Gasteiger partial charge >= 0.3 is 0 Å². The van der Waals surface area contributed by atoms with Gasteiger partial charge in [0.15, 0.2) is 5.78 Å². The molecule has 0 saturated heterocycles. The number of allylic oxidation sites excluding steroid dienone is 3. The second-order valence-corrected chi connectivity index (χ2v) is 8.56. The average molecular weight is 482 g/mol. The van der Waals surface area contributed by atoms with Crippen LogP contribution in [-0.2, 0) is 11.4 Å². The topological polar surface area (TPSA) is 79.3 Å². The molecule has 2 aromatic carbocycles. The number of ketones is 1. The molecule has 0 saturated carbocycles. The number of carbonyl (C=O) groups is 1. The summed E-state index contributed by atoms with van der Waals surface area (Å²) in [6.45, 7) is 0.153. The van der Waals surface area contributed by atoms with Gasteiger partial charge in [0.25, 0.3) is 0 Å². The van der Waals surface area contributed by atoms with Crippen LogP contribution in [0.2, 0.25) is 0 Å². The van der Waals surface area contributed by atoms with E-state index in [1.165, 1.54) is 12.1 Å². The summed E-state index contributed by atoms with van der Waals surface area (Å²) in [5.74, 6) is -0.0549. The van der Waals surface area contributed by atoms with Crippen molar-refractivity contribution in [3.8, 4) is 11.8 Å². The van der Waals surface area contributed by atoms with E-state index in [0.717, 1.165) is 23.0 Å². The molecule has 0 radical (unpaired) electrons. The van der Waals surface area contributed by atoms with E-state index >= 15 is 0 Å². The maximum absolute atomic E-state index is 13.6. The van der Waals surface area contributed by atoms with E-state index in [1.54, 1.807) is 30.1 Å². The molecule has 2 aliphatic rings. The molecule has 7 heteroatoms. The van der Waals surface area contributed by atoms with Crippen LogP contribution >= 0.6 is 15.9 Å². The van der Waals surface area contributed by atoms with Gasteiger partial charge in [-0.25, -0.2) is 4.39 Å². The smallest absolute Gasteiger partial charge is 0.161 e. The number of nitrogens with two attached hydrogens (primary N) is 1. The predicted octanol–water partition coefficient (Wildman–Crippen LogP) is 4.90. The van der Waals surface area contributed by atoms with E-state index in [9.17, 15) is 14.4 Å². The van der Waals surface area contributed by atoms with Crippen molar-refractivity contribution in [1.29, 1.82) is 5.26 Å². The Labute approximate surface area is 188 Å². The molecule has 0 bridgehead atoms. The van der Waals surface area contributed by atoms with Crippen LogP contribution in [0.25, 0.3) is 0 Å². The number of hydrogen-bond donors (Lipinski definition) is 1. The number of hydrogen-bond acceptors (Lipinski definition) is 5. The Balaban J connectivity index is 1.81. The van der Waals surface area contributed by atoms with Crippen LogP contribution in [-0.4, -0.2) is 17.7 Å². The summed E-state index contributed by atoms with van der Waals surface area (Å²) in [6.07, 6.45) is 1.92. The lowest BCUT2D eigenvalue weighted by atomic mass is 9.75. The summed E-state index contributed by atoms with van der Waals surface area (Å²) in [4.78, 5) is 14.7. The van der Waals surface area contributed by atoms with Crippen molar-refractivity contribution in [2.45, 2.75) is 31.8 Å². The molecule has 0 spiro atoms. The van der Waals surface area contributed by atoms with E-state index in [-0.39, 0.29) is 18.2 Å². The van der Waals surface area contributed by atoms with Gasteiger partial charge in [-0.1, -0.05) is 28.1 Å². The normalized spacial score (nSPS) is 18.7. The number of rotatable bonds is 4. The second-order valence-electron chi connectivity index (χ2n) is 7.64. The first-order valence-corrected chi connectivity index (χ1v) is 10.8. The number of halogens is 2. The molecule has 1 heterocycles. The fourth-order valence-electron chi connectivity index (χ4n) is 4.24. The van der Waals surface area contributed by atoms with Gasteiger partial charge in [0.1, 0.15) is 24.0 Å². The highest BCUT2D eigenvalue weighted by Crippen LogP contribution is 2.47. The lowest BCUT2D eigenvalue weighted by Crippen LogP contribution is -2.36. The van der Waals surface area contributed by atoms with Crippen molar-refractivity contribution < 1.29 is 13.9 Å². The number of Topliss-reactive ketones (excluding diaryl/α,β-unsaturated/α-hetero) is 1. The number of nitrogens with zero attached hydrogens (tertiary/aromatic N) is 2. The zero-order chi connectivity index (χ0) is 22.1. The summed E-state index contributed by atoms with van der Waals surface area (Å²) in [5, 5.41) is 9.94. The molecule has 0 unspecified atom stereocenters. The van der Waals surface area contributed by atoms with Gasteiger partial charge in [-0.05, 0) is 48.7 Å². The van der Waals surface area contributed by atoms with Crippen molar-refractivity contribution in [3.63, 3.8) is 0 Å². The van der Waals surface area contributed by atoms with Crippen LogP contribution in [0.1, 0.15) is 36.3 Å². The molecule has 1 aliphatic carbocycles. The maximum atomic E-state index is 13.6. The van der Waals surface area contributed by atoms with Crippen molar-refractivity contribution in [3.05, 3.63) is 86.5 Å². The Kier molecular flexibility index (Phi) is 5.84. The predicted molar refractivity (Wildman–Crippen MR) is 118 cm³/mol. The van der Waals surface area contributed by atoms with E-state index in [2.05, 4.69) is 22.0 Å². The Hall–Kier alpha value is -3.11. The molecule has 0 amide bonds. The van der Waals surface area contributed by atoms with Crippen molar-refractivity contribution in [2.24, 2.45) is 5.73 Å². The van der Waals surface area contributed by atoms with E-state index < -0.39 is 5.92 Å². The van der Waals surface area contributed by atoms with Gasteiger partial charge in [0.05, 0.1) is 17.6 Å². The highest BCUT2D eigenvalue weighted by molar-refractivity contribution is 9.10. The van der Waals surface area contributed by atoms with E-state index in [1.807, 2.05) is 12.1 Å². The van der Waals surface area contributed by atoms with Crippen molar-refractivity contribution in [1.82, 2.24) is 4.90 Å². The first-order chi connectivity index (χ1) is 14.9. The molecular weight excluding hydrogens is 461 g/mol. The van der Waals surface area contributed by atoms with E-state index in [4.69, 9.17) is 10.5 Å². The lowest BCUT2D eigenvalue weighted by molar-refractivity contribution is -0.116. The molecule has 4 rings (SSSR count). The molecule has 2 aromatic rings. The second kappa shape index (κ2) is 8.56. The Bertz CT molecular complexity index is 1170. The fourth-order valence-corrected chi connectivity index (χ4v) is 4.62. The Morgan fingerprint density at radius 1 is 1.29 bits per heavy atom. The summed E-state index contributed by atoms with van der Waals surface area (Å²) < 4.78 is 20.4. The van der Waals surface area contributed by atoms with E-state index in [0.29, 0.717) is 40.3 Å². The fraction of sp³-hybridized carbons (Fsp3) is 0.250. The molecular formula is C24H21BrFN3O2. The summed E-state index contributed by atoms with van der Waals surface area (Å²) in [7, 11) is 1.79. The molecule has 5 nitrogen and oxygen atoms in total. The molecule has 1 atom stereocenters. The summed E-state index contributed by atoms with van der Waals surface area (Å²) in [5.41, 5.74) is 9.47. The molecule has 2 N–H and O–H groups in total. The quantitative estimate of drug-likeness (QED) is 0.671. The van der Waals surface area contributed by atoms with Gasteiger partial charge in [-0.3, -0.25) is 4.79 Å². The molecule has 0 fully saturated rings. The third-order valence-electron chi connectivity index (χ3n) is 5.73. The molecule has 1 aliphatic heterocycles. The minimum Gasteiger partial charge on any atom is -0.489 e. The molecule has 31 heavy (non-hydrogen) atoms. The summed E-state index contributed by atoms with van der Waals surface area (Å²) >= 11 is 3.49. The van der Waals surface area contributed by atoms with Crippen LogP contribution in [0.4, 0.5) is 4.39 Å². The largest absolute Gasteiger partial charge is 0.489 e. The highest BCUT2D eigenvalue weighted by Gasteiger charge is 2.39. The van der Waals surface area contributed by atoms with Crippen LogP contribution in [0, 0.1) is 17.1 Å². The first kappa shape index (κ1) is 21.1. The third-order valence-corrected chi connectivity index (χ3v) is 6.23. The molecule has 0 aromatic heterocycles. The summed E-state index contributed by atoms with van der Waals surface area (Å²) in [6, 6.07) is 13.9. The monoisotopic (exact) mass is 481 g/mol.